The van der Waals surface area contributed by atoms with E-state index in [2.05, 4.69) is 67.8 Å². The molecule has 0 fully saturated rings. The molecule has 1 amide bonds. The molecular formula is C62H120N2O6P+. The molecule has 0 saturated carbocycles. The van der Waals surface area contributed by atoms with Gasteiger partial charge >= 0.3 is 7.82 Å². The van der Waals surface area contributed by atoms with Crippen LogP contribution in [0.25, 0.3) is 0 Å². The summed E-state index contributed by atoms with van der Waals surface area (Å²) in [7, 11) is 1.62. The number of unbranched alkanes of at least 4 members (excludes halogenated alkanes) is 35. The Hall–Kier alpha value is -1.54. The number of nitrogens with zero attached hydrogens (tertiary/aromatic N) is 1. The molecule has 0 heterocycles. The summed E-state index contributed by atoms with van der Waals surface area (Å²) in [5, 5.41) is 14.1. The van der Waals surface area contributed by atoms with Crippen molar-refractivity contribution in [3.05, 3.63) is 48.6 Å². The first-order valence-electron chi connectivity index (χ1n) is 30.5. The lowest BCUT2D eigenvalue weighted by Crippen LogP contribution is -2.46. The molecule has 0 rings (SSSR count). The van der Waals surface area contributed by atoms with Crippen LogP contribution in [0.5, 0.6) is 0 Å². The molecule has 3 unspecified atom stereocenters. The van der Waals surface area contributed by atoms with Crippen molar-refractivity contribution in [1.82, 2.24) is 5.32 Å². The zero-order valence-corrected chi connectivity index (χ0v) is 48.6. The Morgan fingerprint density at radius 3 is 1.24 bits per heavy atom. The molecule has 0 aliphatic heterocycles. The van der Waals surface area contributed by atoms with E-state index in [-0.39, 0.29) is 19.1 Å². The fraction of sp³-hybridized carbons (Fsp3) is 0.855. The lowest BCUT2D eigenvalue weighted by molar-refractivity contribution is -0.870. The average molecular weight is 1020 g/mol. The van der Waals surface area contributed by atoms with Crippen molar-refractivity contribution in [3.8, 4) is 0 Å². The van der Waals surface area contributed by atoms with E-state index >= 15 is 0 Å². The van der Waals surface area contributed by atoms with E-state index in [1.54, 1.807) is 0 Å². The highest BCUT2D eigenvalue weighted by molar-refractivity contribution is 7.47. The Morgan fingerprint density at radius 1 is 0.493 bits per heavy atom. The Bertz CT molecular complexity index is 1290. The van der Waals surface area contributed by atoms with Crippen LogP contribution in [0.2, 0.25) is 0 Å². The molecule has 3 N–H and O–H groups in total. The number of quaternary nitrogens is 1. The highest BCUT2D eigenvalue weighted by atomic mass is 31.2. The Morgan fingerprint density at radius 2 is 0.845 bits per heavy atom. The van der Waals surface area contributed by atoms with Gasteiger partial charge in [0, 0.05) is 6.42 Å². The molecule has 9 heteroatoms. The second kappa shape index (κ2) is 53.3. The number of phosphoric acid groups is 1. The second-order valence-electron chi connectivity index (χ2n) is 22.1. The number of hydrogen-bond donors (Lipinski definition) is 3. The van der Waals surface area contributed by atoms with Crippen LogP contribution in [0.15, 0.2) is 48.6 Å². The fourth-order valence-corrected chi connectivity index (χ4v) is 9.84. The van der Waals surface area contributed by atoms with Crippen LogP contribution in [0.3, 0.4) is 0 Å². The molecule has 0 spiro atoms. The molecule has 0 aliphatic rings. The lowest BCUT2D eigenvalue weighted by Gasteiger charge is -2.26. The molecule has 0 bridgehead atoms. The number of carbonyl (C=O) groups excluding carboxylic acids is 1. The average Bonchev–Trinajstić information content (AvgIpc) is 3.33. The van der Waals surface area contributed by atoms with E-state index in [9.17, 15) is 19.4 Å². The first-order valence-corrected chi connectivity index (χ1v) is 32.0. The smallest absolute Gasteiger partial charge is 0.391 e. The van der Waals surface area contributed by atoms with Crippen molar-refractivity contribution in [2.75, 3.05) is 40.9 Å². The predicted octanol–water partition coefficient (Wildman–Crippen LogP) is 18.7. The van der Waals surface area contributed by atoms with Crippen molar-refractivity contribution in [2.24, 2.45) is 0 Å². The molecule has 0 radical (unpaired) electrons. The van der Waals surface area contributed by atoms with E-state index in [1.807, 2.05) is 21.1 Å². The minimum absolute atomic E-state index is 0.0752. The molecule has 8 nitrogen and oxygen atoms in total. The molecule has 0 saturated heterocycles. The quantitative estimate of drug-likeness (QED) is 0.0243. The number of hydrogen-bond acceptors (Lipinski definition) is 5. The number of aliphatic hydroxyl groups is 1. The summed E-state index contributed by atoms with van der Waals surface area (Å²) in [6.07, 6.45) is 70.3. The van der Waals surface area contributed by atoms with E-state index in [0.29, 0.717) is 23.9 Å². The van der Waals surface area contributed by atoms with Gasteiger partial charge in [0.25, 0.3) is 0 Å². The molecule has 0 aromatic heterocycles. The van der Waals surface area contributed by atoms with Gasteiger partial charge in [-0.15, -0.1) is 0 Å². The summed E-state index contributed by atoms with van der Waals surface area (Å²) in [5.74, 6) is -0.141. The van der Waals surface area contributed by atoms with Crippen molar-refractivity contribution in [3.63, 3.8) is 0 Å². The maximum atomic E-state index is 13.0. The SMILES string of the molecule is CC/C=C\C/C=C\C/C=C\C/C=C\CCCCCCCCCCCCCCCCCCC(=O)NC(COP(=O)(O)OCC[N+](C)(C)C)C(O)CCCCCCCCCCCCCCCCCCCCCC. The van der Waals surface area contributed by atoms with Crippen molar-refractivity contribution < 1.29 is 32.9 Å². The van der Waals surface area contributed by atoms with Gasteiger partial charge in [0.05, 0.1) is 39.9 Å². The summed E-state index contributed by atoms with van der Waals surface area (Å²) in [4.78, 5) is 23.4. The number of aliphatic hydroxyl groups excluding tert-OH is 1. The molecule has 71 heavy (non-hydrogen) atoms. The third kappa shape index (κ3) is 56.0. The normalized spacial score (nSPS) is 14.2. The van der Waals surface area contributed by atoms with Gasteiger partial charge < -0.3 is 19.8 Å². The van der Waals surface area contributed by atoms with Gasteiger partial charge in [-0.25, -0.2) is 4.57 Å². The maximum absolute atomic E-state index is 13.0. The summed E-state index contributed by atoms with van der Waals surface area (Å²) < 4.78 is 23.8. The Labute approximate surface area is 441 Å². The number of allylic oxidation sites excluding steroid dienone is 8. The highest BCUT2D eigenvalue weighted by Gasteiger charge is 2.28. The van der Waals surface area contributed by atoms with Crippen LogP contribution in [0.1, 0.15) is 290 Å². The first-order chi connectivity index (χ1) is 34.5. The third-order valence-electron chi connectivity index (χ3n) is 13.8. The number of amides is 1. The summed E-state index contributed by atoms with van der Waals surface area (Å²) in [5.41, 5.74) is 0. The van der Waals surface area contributed by atoms with E-state index in [0.717, 1.165) is 64.2 Å². The minimum atomic E-state index is -4.32. The van der Waals surface area contributed by atoms with Crippen LogP contribution in [0, 0.1) is 0 Å². The third-order valence-corrected chi connectivity index (χ3v) is 14.8. The predicted molar refractivity (Wildman–Crippen MR) is 309 cm³/mol. The zero-order chi connectivity index (χ0) is 52.0. The molecular weight excluding hydrogens is 900 g/mol. The van der Waals surface area contributed by atoms with E-state index in [1.165, 1.54) is 199 Å². The lowest BCUT2D eigenvalue weighted by atomic mass is 10.0. The fourth-order valence-electron chi connectivity index (χ4n) is 9.10. The van der Waals surface area contributed by atoms with Crippen LogP contribution >= 0.6 is 7.82 Å². The molecule has 0 aromatic rings. The van der Waals surface area contributed by atoms with Crippen molar-refractivity contribution in [1.29, 1.82) is 0 Å². The van der Waals surface area contributed by atoms with Gasteiger partial charge in [-0.3, -0.25) is 13.8 Å². The summed E-state index contributed by atoms with van der Waals surface area (Å²) in [6.45, 7) is 4.81. The molecule has 0 aromatic carbocycles. The number of likely N-dealkylation sites (N-methyl/N-ethyl adjacent to an activating group) is 1. The zero-order valence-electron chi connectivity index (χ0n) is 47.7. The number of carbonyl (C=O) groups is 1. The van der Waals surface area contributed by atoms with Gasteiger partial charge in [-0.1, -0.05) is 281 Å². The standard InChI is InChI=1S/C62H119N2O6P/c1-6-8-10-12-14-16-18-20-22-24-26-28-29-30-31-32-33-34-35-36-38-40-42-44-46-48-50-52-54-56-62(66)63-60(59-70-71(67,68)69-58-57-64(3,4)5)61(65)55-53-51-49-47-45-43-41-39-37-27-25-23-21-19-17-15-13-11-9-7-2/h8,10,14,16,20,22,26,28,60-61,65H,6-7,9,11-13,15,17-19,21,23-25,27,29-59H2,1-5H3,(H-,63,66,67,68)/p+1/b10-8-,16-14-,22-20-,28-26-. The number of phosphoric ester groups is 1. The van der Waals surface area contributed by atoms with Gasteiger partial charge in [0.2, 0.25) is 5.91 Å². The van der Waals surface area contributed by atoms with Gasteiger partial charge in [0.15, 0.2) is 0 Å². The monoisotopic (exact) mass is 1020 g/mol. The van der Waals surface area contributed by atoms with E-state index in [4.69, 9.17) is 9.05 Å². The highest BCUT2D eigenvalue weighted by Crippen LogP contribution is 2.43. The maximum Gasteiger partial charge on any atom is 0.472 e. The molecule has 0 aliphatic carbocycles. The van der Waals surface area contributed by atoms with Gasteiger partial charge in [0.1, 0.15) is 13.2 Å². The topological polar surface area (TPSA) is 105 Å². The summed E-state index contributed by atoms with van der Waals surface area (Å²) >= 11 is 0. The second-order valence-corrected chi connectivity index (χ2v) is 23.5. The van der Waals surface area contributed by atoms with Gasteiger partial charge in [-0.05, 0) is 51.4 Å². The van der Waals surface area contributed by atoms with Gasteiger partial charge in [-0.2, -0.15) is 0 Å². The van der Waals surface area contributed by atoms with E-state index < -0.39 is 20.0 Å². The number of nitrogens with one attached hydrogen (secondary N) is 1. The largest absolute Gasteiger partial charge is 0.472 e. The minimum Gasteiger partial charge on any atom is -0.391 e. The first kappa shape index (κ1) is 69.5. The van der Waals surface area contributed by atoms with Crippen molar-refractivity contribution in [2.45, 2.75) is 302 Å². The van der Waals surface area contributed by atoms with Crippen LogP contribution in [-0.2, 0) is 18.4 Å². The van der Waals surface area contributed by atoms with Crippen LogP contribution in [0.4, 0.5) is 0 Å². The van der Waals surface area contributed by atoms with Crippen molar-refractivity contribution >= 4 is 13.7 Å². The van der Waals surface area contributed by atoms with Crippen LogP contribution < -0.4 is 5.32 Å². The Balaban J connectivity index is 4.09. The van der Waals surface area contributed by atoms with Crippen LogP contribution in [-0.4, -0.2) is 73.4 Å². The number of rotatable bonds is 56. The molecule has 418 valence electrons. The molecule has 3 atom stereocenters. The Kier molecular flexibility index (Phi) is 52.1. The summed E-state index contributed by atoms with van der Waals surface area (Å²) in [6, 6.07) is -0.761.